The Balaban J connectivity index is 1.85. The number of nitrogens with one attached hydrogen (secondary N) is 1. The summed E-state index contributed by atoms with van der Waals surface area (Å²) in [6.07, 6.45) is 3.12. The highest BCUT2D eigenvalue weighted by Crippen LogP contribution is 2.22. The summed E-state index contributed by atoms with van der Waals surface area (Å²) in [5.74, 6) is 0.112. The maximum absolute atomic E-state index is 11.0. The molecule has 0 aliphatic carbocycles. The fraction of sp³-hybridized carbons (Fsp3) is 0.158. The van der Waals surface area contributed by atoms with Crippen molar-refractivity contribution < 1.29 is 4.92 Å². The van der Waals surface area contributed by atoms with Crippen LogP contribution >= 0.6 is 0 Å². The molecular formula is C19H19N5O2. The van der Waals surface area contributed by atoms with Gasteiger partial charge in [-0.15, -0.1) is 0 Å². The molecule has 0 aliphatic heterocycles. The van der Waals surface area contributed by atoms with Crippen molar-refractivity contribution in [2.45, 2.75) is 20.8 Å². The lowest BCUT2D eigenvalue weighted by Crippen LogP contribution is -2.00. The van der Waals surface area contributed by atoms with E-state index in [2.05, 4.69) is 51.3 Å². The van der Waals surface area contributed by atoms with Crippen molar-refractivity contribution >= 4 is 17.7 Å². The maximum atomic E-state index is 11.0. The van der Waals surface area contributed by atoms with E-state index >= 15 is 0 Å². The monoisotopic (exact) mass is 349 g/mol. The number of anilines is 1. The van der Waals surface area contributed by atoms with E-state index in [9.17, 15) is 10.1 Å². The quantitative estimate of drug-likeness (QED) is 0.426. The average Bonchev–Trinajstić information content (AvgIpc) is 2.90. The molecule has 0 unspecified atom stereocenters. The molecular weight excluding hydrogens is 330 g/mol. The van der Waals surface area contributed by atoms with Crippen LogP contribution in [0.4, 0.5) is 11.5 Å². The van der Waals surface area contributed by atoms with Gasteiger partial charge in [0.2, 0.25) is 5.82 Å². The molecule has 2 heterocycles. The highest BCUT2D eigenvalue weighted by atomic mass is 16.6. The summed E-state index contributed by atoms with van der Waals surface area (Å²) in [5, 5.41) is 15.1. The highest BCUT2D eigenvalue weighted by molar-refractivity contribution is 5.83. The van der Waals surface area contributed by atoms with Gasteiger partial charge in [-0.25, -0.2) is 4.98 Å². The van der Waals surface area contributed by atoms with Crippen molar-refractivity contribution in [2.75, 3.05) is 5.43 Å². The van der Waals surface area contributed by atoms with Crippen LogP contribution in [0.2, 0.25) is 0 Å². The Bertz CT molecular complexity index is 974. The number of benzene rings is 1. The Labute approximate surface area is 151 Å². The average molecular weight is 349 g/mol. The molecule has 0 aliphatic rings. The van der Waals surface area contributed by atoms with E-state index in [0.29, 0.717) is 0 Å². The lowest BCUT2D eigenvalue weighted by molar-refractivity contribution is -0.384. The predicted octanol–water partition coefficient (Wildman–Crippen LogP) is 4.15. The molecule has 26 heavy (non-hydrogen) atoms. The Morgan fingerprint density at radius 3 is 2.62 bits per heavy atom. The molecule has 7 nitrogen and oxygen atoms in total. The highest BCUT2D eigenvalue weighted by Gasteiger charge is 2.13. The van der Waals surface area contributed by atoms with Crippen molar-refractivity contribution in [3.8, 4) is 5.69 Å². The van der Waals surface area contributed by atoms with Crippen molar-refractivity contribution in [3.63, 3.8) is 0 Å². The van der Waals surface area contributed by atoms with E-state index in [0.717, 1.165) is 22.6 Å². The first-order valence-corrected chi connectivity index (χ1v) is 8.12. The number of nitro groups is 1. The number of hydrogen-bond donors (Lipinski definition) is 1. The van der Waals surface area contributed by atoms with Crippen LogP contribution in [0.5, 0.6) is 0 Å². The van der Waals surface area contributed by atoms with Crippen LogP contribution in [0.25, 0.3) is 5.69 Å². The second-order valence-corrected chi connectivity index (χ2v) is 6.00. The molecule has 0 radical (unpaired) electrons. The molecule has 1 N–H and O–H groups in total. The van der Waals surface area contributed by atoms with Gasteiger partial charge in [0.25, 0.3) is 0 Å². The fourth-order valence-electron chi connectivity index (χ4n) is 2.80. The molecule has 7 heteroatoms. The van der Waals surface area contributed by atoms with Crippen LogP contribution in [0.15, 0.2) is 53.8 Å². The van der Waals surface area contributed by atoms with E-state index in [1.807, 2.05) is 19.9 Å². The third kappa shape index (κ3) is 3.46. The van der Waals surface area contributed by atoms with Crippen LogP contribution < -0.4 is 5.43 Å². The van der Waals surface area contributed by atoms with Crippen molar-refractivity contribution in [3.05, 3.63) is 81.3 Å². The van der Waals surface area contributed by atoms with Gasteiger partial charge in [-0.3, -0.25) is 15.5 Å². The topological polar surface area (TPSA) is 85.3 Å². The molecule has 0 bridgehead atoms. The number of aromatic nitrogens is 2. The van der Waals surface area contributed by atoms with Crippen LogP contribution in [-0.4, -0.2) is 20.7 Å². The molecule has 3 aromatic rings. The molecule has 1 aromatic carbocycles. The smallest absolute Gasteiger partial charge is 0.313 e. The molecule has 2 aromatic heterocycles. The summed E-state index contributed by atoms with van der Waals surface area (Å²) in [6.45, 7) is 6.10. The van der Waals surface area contributed by atoms with Crippen molar-refractivity contribution in [1.29, 1.82) is 0 Å². The fourth-order valence-corrected chi connectivity index (χ4v) is 2.80. The number of hydrogen-bond acceptors (Lipinski definition) is 5. The largest absolute Gasteiger partial charge is 0.318 e. The van der Waals surface area contributed by atoms with Gasteiger partial charge >= 0.3 is 5.69 Å². The van der Waals surface area contributed by atoms with Crippen molar-refractivity contribution in [1.82, 2.24) is 9.55 Å². The van der Waals surface area contributed by atoms with Crippen LogP contribution in [0.1, 0.15) is 22.5 Å². The molecule has 0 saturated carbocycles. The summed E-state index contributed by atoms with van der Waals surface area (Å²) in [5.41, 5.74) is 7.87. The lowest BCUT2D eigenvalue weighted by Gasteiger charge is -2.09. The third-order valence-corrected chi connectivity index (χ3v) is 4.12. The SMILES string of the molecule is Cc1ccc(-n2c(C)cc(/C=N/Nc3ncccc3[N+](=O)[O-])c2C)cc1. The van der Waals surface area contributed by atoms with Gasteiger partial charge < -0.3 is 4.57 Å². The summed E-state index contributed by atoms with van der Waals surface area (Å²) in [4.78, 5) is 14.5. The number of aryl methyl sites for hydroxylation is 2. The molecule has 0 saturated heterocycles. The second kappa shape index (κ2) is 7.18. The zero-order valence-electron chi connectivity index (χ0n) is 14.8. The lowest BCUT2D eigenvalue weighted by atomic mass is 10.2. The summed E-state index contributed by atoms with van der Waals surface area (Å²) < 4.78 is 2.14. The zero-order chi connectivity index (χ0) is 18.7. The van der Waals surface area contributed by atoms with Gasteiger partial charge in [0.15, 0.2) is 0 Å². The Kier molecular flexibility index (Phi) is 4.79. The molecule has 132 valence electrons. The molecule has 0 atom stereocenters. The summed E-state index contributed by atoms with van der Waals surface area (Å²) >= 11 is 0. The zero-order valence-corrected chi connectivity index (χ0v) is 14.8. The third-order valence-electron chi connectivity index (χ3n) is 4.12. The van der Waals surface area contributed by atoms with E-state index in [-0.39, 0.29) is 11.5 Å². The molecule has 3 rings (SSSR count). The number of pyridine rings is 1. The van der Waals surface area contributed by atoms with Crippen LogP contribution in [-0.2, 0) is 0 Å². The van der Waals surface area contributed by atoms with Crippen molar-refractivity contribution in [2.24, 2.45) is 5.10 Å². The van der Waals surface area contributed by atoms with Gasteiger partial charge in [0.1, 0.15) is 0 Å². The van der Waals surface area contributed by atoms with Crippen LogP contribution in [0, 0.1) is 30.9 Å². The van der Waals surface area contributed by atoms with Crippen LogP contribution in [0.3, 0.4) is 0 Å². The normalized spacial score (nSPS) is 11.0. The summed E-state index contributed by atoms with van der Waals surface area (Å²) in [6, 6.07) is 13.2. The maximum Gasteiger partial charge on any atom is 0.313 e. The van der Waals surface area contributed by atoms with E-state index in [1.165, 1.54) is 23.9 Å². The van der Waals surface area contributed by atoms with Gasteiger partial charge in [-0.05, 0) is 45.0 Å². The Morgan fingerprint density at radius 2 is 1.92 bits per heavy atom. The van der Waals surface area contributed by atoms with Gasteiger partial charge in [-0.2, -0.15) is 5.10 Å². The number of hydrazone groups is 1. The van der Waals surface area contributed by atoms with E-state index in [4.69, 9.17) is 0 Å². The molecule has 0 spiro atoms. The summed E-state index contributed by atoms with van der Waals surface area (Å²) in [7, 11) is 0. The predicted molar refractivity (Wildman–Crippen MR) is 102 cm³/mol. The standard InChI is InChI=1S/C19H19N5O2/c1-13-6-8-17(9-7-13)23-14(2)11-16(15(23)3)12-21-22-19-18(24(25)26)5-4-10-20-19/h4-12H,1-3H3,(H,20,22)/b21-12+. The minimum Gasteiger partial charge on any atom is -0.318 e. The minimum absolute atomic E-state index is 0.112. The first-order valence-electron chi connectivity index (χ1n) is 8.12. The minimum atomic E-state index is -0.492. The van der Waals surface area contributed by atoms with Gasteiger partial charge in [0, 0.05) is 34.9 Å². The van der Waals surface area contributed by atoms with E-state index in [1.54, 1.807) is 6.21 Å². The Hall–Kier alpha value is -3.48. The molecule has 0 amide bonds. The van der Waals surface area contributed by atoms with Gasteiger partial charge in [0.05, 0.1) is 11.1 Å². The number of rotatable bonds is 5. The molecule has 0 fully saturated rings. The van der Waals surface area contributed by atoms with E-state index < -0.39 is 4.92 Å². The van der Waals surface area contributed by atoms with Gasteiger partial charge in [-0.1, -0.05) is 17.7 Å². The first-order chi connectivity index (χ1) is 12.5. The second-order valence-electron chi connectivity index (χ2n) is 6.00. The first kappa shape index (κ1) is 17.3. The Morgan fingerprint density at radius 1 is 1.19 bits per heavy atom. The number of nitrogens with zero attached hydrogens (tertiary/aromatic N) is 4.